The number of carbonyl (C=O) groups excluding carboxylic acids is 2. The first-order valence-corrected chi connectivity index (χ1v) is 21.8. The molecule has 0 saturated heterocycles. The summed E-state index contributed by atoms with van der Waals surface area (Å²) >= 11 is 0. The Morgan fingerprint density at radius 1 is 0.519 bits per heavy atom. The molecule has 0 heterocycles. The summed E-state index contributed by atoms with van der Waals surface area (Å²) in [5, 5.41) is 0. The van der Waals surface area contributed by atoms with Crippen LogP contribution in [0.25, 0.3) is 0 Å². The van der Waals surface area contributed by atoms with Gasteiger partial charge in [0, 0.05) is 12.8 Å². The number of carbonyl (C=O) groups is 2. The average Bonchev–Trinajstić information content (AvgIpc) is 3.11. The molecule has 52 heavy (non-hydrogen) atoms. The van der Waals surface area contributed by atoms with E-state index in [1.807, 2.05) is 0 Å². The standard InChI is InChI=1S/C43H73O8P/c1-3-5-7-9-11-13-15-17-19-20-21-22-24-26-28-30-32-34-36-38-43(45)51-41(40-50-52(46,47)48)39-49-42(44)37-35-33-31-29-27-25-23-18-16-14-12-10-8-6-4-2/h6,8,11-14,17-19,21-23,41H,3-5,7,9-10,15-16,20,24-40H2,1-2H3,(H2,46,47,48)/b8-6-,13-11-,14-12-,19-17-,22-21-,23-18-. The third kappa shape index (κ3) is 40.3. The van der Waals surface area contributed by atoms with E-state index in [9.17, 15) is 14.2 Å². The van der Waals surface area contributed by atoms with Crippen LogP contribution in [0, 0.1) is 0 Å². The molecule has 0 aromatic rings. The molecule has 2 N–H and O–H groups in total. The van der Waals surface area contributed by atoms with Crippen LogP contribution >= 0.6 is 7.82 Å². The molecule has 0 aliphatic heterocycles. The highest BCUT2D eigenvalue weighted by Crippen LogP contribution is 2.36. The number of allylic oxidation sites excluding steroid dienone is 12. The smallest absolute Gasteiger partial charge is 0.462 e. The zero-order valence-corrected chi connectivity index (χ0v) is 33.6. The molecule has 298 valence electrons. The Morgan fingerprint density at radius 3 is 1.38 bits per heavy atom. The van der Waals surface area contributed by atoms with Gasteiger partial charge in [0.05, 0.1) is 6.61 Å². The first-order valence-electron chi connectivity index (χ1n) is 20.2. The number of ether oxygens (including phenoxy) is 2. The SMILES string of the molecule is CC/C=C\C/C=C\C/C=C\CCCCCCCC(=O)OCC(COP(=O)(O)O)OC(=O)CCCCCCCC/C=C\C/C=C\C/C=C\CCCCC. The molecule has 0 aromatic carbocycles. The van der Waals surface area contributed by atoms with Crippen LogP contribution in [-0.2, 0) is 28.2 Å². The molecule has 0 bridgehead atoms. The topological polar surface area (TPSA) is 119 Å². The van der Waals surface area contributed by atoms with E-state index in [2.05, 4.69) is 91.3 Å². The van der Waals surface area contributed by atoms with Crippen LogP contribution in [-0.4, -0.2) is 41.0 Å². The molecule has 0 amide bonds. The first kappa shape index (κ1) is 49.5. The Morgan fingerprint density at radius 2 is 0.923 bits per heavy atom. The molecule has 0 aliphatic carbocycles. The zero-order valence-electron chi connectivity index (χ0n) is 32.7. The van der Waals surface area contributed by atoms with Crippen molar-refractivity contribution < 1.29 is 37.9 Å². The lowest BCUT2D eigenvalue weighted by Crippen LogP contribution is -2.29. The van der Waals surface area contributed by atoms with Crippen LogP contribution in [0.4, 0.5) is 0 Å². The maximum absolute atomic E-state index is 12.4. The lowest BCUT2D eigenvalue weighted by atomic mass is 10.1. The molecule has 0 aliphatic rings. The fourth-order valence-electron chi connectivity index (χ4n) is 5.22. The highest BCUT2D eigenvalue weighted by atomic mass is 31.2. The van der Waals surface area contributed by atoms with Gasteiger partial charge in [-0.25, -0.2) is 4.57 Å². The normalized spacial score (nSPS) is 13.2. The molecule has 0 saturated carbocycles. The van der Waals surface area contributed by atoms with Gasteiger partial charge in [-0.1, -0.05) is 145 Å². The Kier molecular flexibility index (Phi) is 36.4. The van der Waals surface area contributed by atoms with Crippen molar-refractivity contribution in [3.8, 4) is 0 Å². The van der Waals surface area contributed by atoms with E-state index >= 15 is 0 Å². The van der Waals surface area contributed by atoms with Crippen molar-refractivity contribution in [1.29, 1.82) is 0 Å². The van der Waals surface area contributed by atoms with Gasteiger partial charge < -0.3 is 19.3 Å². The van der Waals surface area contributed by atoms with Crippen molar-refractivity contribution in [2.24, 2.45) is 0 Å². The summed E-state index contributed by atoms with van der Waals surface area (Å²) in [5.41, 5.74) is 0. The van der Waals surface area contributed by atoms with E-state index in [1.54, 1.807) is 0 Å². The zero-order chi connectivity index (χ0) is 38.2. The molecule has 1 atom stereocenters. The molecular formula is C43H73O8P. The fourth-order valence-corrected chi connectivity index (χ4v) is 5.58. The third-order valence-electron chi connectivity index (χ3n) is 8.21. The molecular weight excluding hydrogens is 675 g/mol. The molecule has 0 rings (SSSR count). The number of unbranched alkanes of at least 4 members (excludes halogenated alkanes) is 14. The van der Waals surface area contributed by atoms with Crippen molar-refractivity contribution in [2.75, 3.05) is 13.2 Å². The number of phosphoric acid groups is 1. The van der Waals surface area contributed by atoms with Gasteiger partial charge in [0.1, 0.15) is 6.61 Å². The Balaban J connectivity index is 4.00. The predicted molar refractivity (Wildman–Crippen MR) is 216 cm³/mol. The van der Waals surface area contributed by atoms with E-state index < -0.39 is 32.5 Å². The molecule has 1 unspecified atom stereocenters. The minimum Gasteiger partial charge on any atom is -0.462 e. The summed E-state index contributed by atoms with van der Waals surface area (Å²) in [6.45, 7) is 3.51. The van der Waals surface area contributed by atoms with Crippen LogP contribution in [0.1, 0.15) is 168 Å². The van der Waals surface area contributed by atoms with Crippen LogP contribution in [0.2, 0.25) is 0 Å². The number of rotatable bonds is 36. The maximum atomic E-state index is 12.4. The van der Waals surface area contributed by atoms with Gasteiger partial charge in [-0.05, 0) is 83.5 Å². The largest absolute Gasteiger partial charge is 0.469 e. The summed E-state index contributed by atoms with van der Waals surface area (Å²) in [6, 6.07) is 0. The van der Waals surface area contributed by atoms with Gasteiger partial charge in [-0.2, -0.15) is 0 Å². The third-order valence-corrected chi connectivity index (χ3v) is 8.69. The number of hydrogen-bond acceptors (Lipinski definition) is 6. The molecule has 0 aromatic heterocycles. The minimum absolute atomic E-state index is 0.190. The van der Waals surface area contributed by atoms with Crippen molar-refractivity contribution in [3.63, 3.8) is 0 Å². The lowest BCUT2D eigenvalue weighted by Gasteiger charge is -2.18. The van der Waals surface area contributed by atoms with Gasteiger partial charge >= 0.3 is 19.8 Å². The van der Waals surface area contributed by atoms with Gasteiger partial charge in [0.15, 0.2) is 6.10 Å². The molecule has 8 nitrogen and oxygen atoms in total. The minimum atomic E-state index is -4.76. The van der Waals surface area contributed by atoms with E-state index in [4.69, 9.17) is 19.3 Å². The summed E-state index contributed by atoms with van der Waals surface area (Å²) in [6.07, 6.45) is 49.0. The fraction of sp³-hybridized carbons (Fsp3) is 0.674. The van der Waals surface area contributed by atoms with Gasteiger partial charge in [-0.15, -0.1) is 0 Å². The van der Waals surface area contributed by atoms with Crippen molar-refractivity contribution >= 4 is 19.8 Å². The quantitative estimate of drug-likeness (QED) is 0.0281. The summed E-state index contributed by atoms with van der Waals surface area (Å²) in [5.74, 6) is -0.925. The van der Waals surface area contributed by atoms with Crippen LogP contribution in [0.3, 0.4) is 0 Å². The molecule has 0 spiro atoms. The Bertz CT molecular complexity index is 1070. The van der Waals surface area contributed by atoms with Crippen molar-refractivity contribution in [3.05, 3.63) is 72.9 Å². The lowest BCUT2D eigenvalue weighted by molar-refractivity contribution is -0.161. The first-order chi connectivity index (χ1) is 25.3. The summed E-state index contributed by atoms with van der Waals surface area (Å²) < 4.78 is 26.3. The van der Waals surface area contributed by atoms with E-state index in [0.29, 0.717) is 12.8 Å². The van der Waals surface area contributed by atoms with Crippen molar-refractivity contribution in [1.82, 2.24) is 0 Å². The second-order valence-corrected chi connectivity index (χ2v) is 14.5. The summed E-state index contributed by atoms with van der Waals surface area (Å²) in [7, 11) is -4.76. The van der Waals surface area contributed by atoms with Gasteiger partial charge in [0.2, 0.25) is 0 Å². The number of phosphoric ester groups is 1. The highest BCUT2D eigenvalue weighted by molar-refractivity contribution is 7.46. The predicted octanol–water partition coefficient (Wildman–Crippen LogP) is 12.3. The van der Waals surface area contributed by atoms with E-state index in [1.165, 1.54) is 25.7 Å². The summed E-state index contributed by atoms with van der Waals surface area (Å²) in [4.78, 5) is 42.8. The highest BCUT2D eigenvalue weighted by Gasteiger charge is 2.22. The molecule has 0 radical (unpaired) electrons. The van der Waals surface area contributed by atoms with Gasteiger partial charge in [-0.3, -0.25) is 14.1 Å². The van der Waals surface area contributed by atoms with Crippen LogP contribution < -0.4 is 0 Å². The second kappa shape index (κ2) is 38.2. The van der Waals surface area contributed by atoms with Crippen LogP contribution in [0.15, 0.2) is 72.9 Å². The van der Waals surface area contributed by atoms with E-state index in [0.717, 1.165) is 103 Å². The number of esters is 2. The van der Waals surface area contributed by atoms with Gasteiger partial charge in [0.25, 0.3) is 0 Å². The molecule has 9 heteroatoms. The second-order valence-electron chi connectivity index (χ2n) is 13.2. The monoisotopic (exact) mass is 749 g/mol. The Hall–Kier alpha value is -2.51. The molecule has 0 fully saturated rings. The Labute approximate surface area is 317 Å². The number of hydrogen-bond donors (Lipinski definition) is 2. The van der Waals surface area contributed by atoms with Crippen LogP contribution in [0.5, 0.6) is 0 Å². The van der Waals surface area contributed by atoms with Crippen molar-refractivity contribution in [2.45, 2.75) is 174 Å². The van der Waals surface area contributed by atoms with E-state index in [-0.39, 0.29) is 19.4 Å². The average molecular weight is 749 g/mol. The maximum Gasteiger partial charge on any atom is 0.469 e.